The summed E-state index contributed by atoms with van der Waals surface area (Å²) in [6, 6.07) is 1.55. The molecule has 0 atom stereocenters. The van der Waals surface area contributed by atoms with E-state index in [1.807, 2.05) is 0 Å². The van der Waals surface area contributed by atoms with Crippen LogP contribution in [0.4, 0.5) is 0 Å². The molecule has 0 aromatic carbocycles. The molecule has 0 aliphatic carbocycles. The molecule has 0 saturated carbocycles. The van der Waals surface area contributed by atoms with Crippen LogP contribution in [-0.4, -0.2) is 23.6 Å². The average molecular weight is 299 g/mol. The number of rotatable bonds is 2. The van der Waals surface area contributed by atoms with Gasteiger partial charge in [0.25, 0.3) is 15.2 Å². The van der Waals surface area contributed by atoms with Crippen LogP contribution in [0.15, 0.2) is 11.2 Å². The SMILES string of the molecule is NS(=O)(=O)c1nc(-c2cc(Cl)sc2Cl)n[nH]1. The number of nitrogens with one attached hydrogen (secondary N) is 1. The second-order valence-electron chi connectivity index (χ2n) is 2.75. The summed E-state index contributed by atoms with van der Waals surface area (Å²) < 4.78 is 22.8. The predicted molar refractivity (Wildman–Crippen MR) is 61.1 cm³/mol. The molecule has 2 rings (SSSR count). The molecule has 0 bridgehead atoms. The average Bonchev–Trinajstić information content (AvgIpc) is 2.70. The fourth-order valence-corrected chi connectivity index (χ4v) is 2.83. The second kappa shape index (κ2) is 3.97. The van der Waals surface area contributed by atoms with Crippen molar-refractivity contribution in [3.05, 3.63) is 14.7 Å². The number of hydrogen-bond donors (Lipinski definition) is 2. The minimum Gasteiger partial charge on any atom is -0.248 e. The van der Waals surface area contributed by atoms with Crippen molar-refractivity contribution in [2.75, 3.05) is 0 Å². The third kappa shape index (κ3) is 2.20. The van der Waals surface area contributed by atoms with E-state index >= 15 is 0 Å². The van der Waals surface area contributed by atoms with Crippen molar-refractivity contribution in [3.8, 4) is 11.4 Å². The van der Waals surface area contributed by atoms with E-state index in [0.29, 0.717) is 14.2 Å². The Hall–Kier alpha value is -0.670. The third-order valence-corrected chi connectivity index (χ3v) is 3.84. The van der Waals surface area contributed by atoms with E-state index in [1.165, 1.54) is 0 Å². The van der Waals surface area contributed by atoms with Crippen LogP contribution in [0.1, 0.15) is 0 Å². The van der Waals surface area contributed by atoms with Crippen LogP contribution in [0.3, 0.4) is 0 Å². The summed E-state index contributed by atoms with van der Waals surface area (Å²) >= 11 is 12.7. The number of aromatic amines is 1. The number of halogens is 2. The van der Waals surface area contributed by atoms with E-state index in [-0.39, 0.29) is 5.82 Å². The summed E-state index contributed by atoms with van der Waals surface area (Å²) in [5.41, 5.74) is 0.461. The van der Waals surface area contributed by atoms with Gasteiger partial charge in [-0.1, -0.05) is 23.2 Å². The maximum absolute atomic E-state index is 11.0. The highest BCUT2D eigenvalue weighted by Crippen LogP contribution is 2.36. The van der Waals surface area contributed by atoms with Crippen LogP contribution in [0.2, 0.25) is 8.67 Å². The highest BCUT2D eigenvalue weighted by Gasteiger charge is 2.18. The van der Waals surface area contributed by atoms with Crippen LogP contribution in [0.25, 0.3) is 11.4 Å². The van der Waals surface area contributed by atoms with Crippen LogP contribution in [-0.2, 0) is 10.0 Å². The summed E-state index contributed by atoms with van der Waals surface area (Å²) in [4.78, 5) is 3.71. The van der Waals surface area contributed by atoms with Gasteiger partial charge in [0.1, 0.15) is 4.34 Å². The van der Waals surface area contributed by atoms with Gasteiger partial charge in [0.15, 0.2) is 5.82 Å². The molecule has 10 heteroatoms. The van der Waals surface area contributed by atoms with Crippen LogP contribution in [0, 0.1) is 0 Å². The first-order valence-corrected chi connectivity index (χ1v) is 6.90. The van der Waals surface area contributed by atoms with Crippen molar-refractivity contribution in [2.24, 2.45) is 5.14 Å². The molecule has 0 saturated heterocycles. The van der Waals surface area contributed by atoms with Crippen molar-refractivity contribution in [3.63, 3.8) is 0 Å². The molecule has 2 aromatic rings. The smallest absolute Gasteiger partial charge is 0.248 e. The first kappa shape index (κ1) is 11.8. The Morgan fingerprint density at radius 1 is 1.44 bits per heavy atom. The van der Waals surface area contributed by atoms with Gasteiger partial charge in [-0.3, -0.25) is 0 Å². The minimum atomic E-state index is -3.90. The lowest BCUT2D eigenvalue weighted by atomic mass is 10.3. The standard InChI is InChI=1S/C6H4Cl2N4O2S2/c7-3-1-2(4(8)15-3)5-10-6(12-11-5)16(9,13)14/h1H,(H2,9,13,14)(H,10,11,12). The number of H-pyrrole nitrogens is 1. The lowest BCUT2D eigenvalue weighted by Gasteiger charge is -1.88. The van der Waals surface area contributed by atoms with Gasteiger partial charge in [0.2, 0.25) is 0 Å². The van der Waals surface area contributed by atoms with Gasteiger partial charge in [-0.05, 0) is 6.07 Å². The zero-order valence-corrected chi connectivity index (χ0v) is 10.6. The van der Waals surface area contributed by atoms with Crippen LogP contribution < -0.4 is 5.14 Å². The third-order valence-electron chi connectivity index (χ3n) is 1.63. The molecule has 6 nitrogen and oxygen atoms in total. The Morgan fingerprint density at radius 3 is 2.56 bits per heavy atom. The van der Waals surface area contributed by atoms with Crippen LogP contribution >= 0.6 is 34.5 Å². The molecule has 2 heterocycles. The highest BCUT2D eigenvalue weighted by molar-refractivity contribution is 7.89. The number of hydrogen-bond acceptors (Lipinski definition) is 5. The van der Waals surface area contributed by atoms with E-state index in [0.717, 1.165) is 11.3 Å². The van der Waals surface area contributed by atoms with Crippen molar-refractivity contribution in [2.45, 2.75) is 5.16 Å². The molecule has 3 N–H and O–H groups in total. The van der Waals surface area contributed by atoms with Gasteiger partial charge < -0.3 is 0 Å². The first-order chi connectivity index (χ1) is 7.38. The monoisotopic (exact) mass is 298 g/mol. The summed E-state index contributed by atoms with van der Waals surface area (Å²) in [7, 11) is -3.90. The molecule has 0 unspecified atom stereocenters. The molecular weight excluding hydrogens is 295 g/mol. The molecule has 0 aliphatic rings. The molecule has 0 aliphatic heterocycles. The topological polar surface area (TPSA) is 102 Å². The van der Waals surface area contributed by atoms with E-state index in [2.05, 4.69) is 15.2 Å². The second-order valence-corrected chi connectivity index (χ2v) is 6.51. The Labute approximate surface area is 104 Å². The number of nitrogens with two attached hydrogens (primary N) is 1. The largest absolute Gasteiger partial charge is 0.273 e. The molecule has 2 aromatic heterocycles. The summed E-state index contributed by atoms with van der Waals surface area (Å²) in [6.45, 7) is 0. The molecular formula is C6H4Cl2N4O2S2. The van der Waals surface area contributed by atoms with Crippen molar-refractivity contribution in [1.82, 2.24) is 15.2 Å². The van der Waals surface area contributed by atoms with Crippen LogP contribution in [0.5, 0.6) is 0 Å². The first-order valence-electron chi connectivity index (χ1n) is 3.78. The van der Waals surface area contributed by atoms with E-state index in [1.54, 1.807) is 6.07 Å². The van der Waals surface area contributed by atoms with Gasteiger partial charge in [-0.15, -0.1) is 11.3 Å². The summed E-state index contributed by atoms with van der Waals surface area (Å²) in [6.07, 6.45) is 0. The zero-order valence-electron chi connectivity index (χ0n) is 7.44. The normalized spacial score (nSPS) is 11.9. The number of sulfonamides is 1. The Morgan fingerprint density at radius 2 is 2.12 bits per heavy atom. The molecule has 0 radical (unpaired) electrons. The zero-order chi connectivity index (χ0) is 11.9. The highest BCUT2D eigenvalue weighted by atomic mass is 35.5. The number of thiophene rings is 1. The quantitative estimate of drug-likeness (QED) is 0.877. The number of aromatic nitrogens is 3. The van der Waals surface area contributed by atoms with Crippen molar-refractivity contribution >= 4 is 44.6 Å². The molecule has 0 fully saturated rings. The fourth-order valence-electron chi connectivity index (χ4n) is 0.987. The molecule has 16 heavy (non-hydrogen) atoms. The van der Waals surface area contributed by atoms with Gasteiger partial charge >= 0.3 is 0 Å². The maximum atomic E-state index is 11.0. The summed E-state index contributed by atoms with van der Waals surface area (Å²) in [5.74, 6) is 0.136. The van der Waals surface area contributed by atoms with E-state index in [9.17, 15) is 8.42 Å². The van der Waals surface area contributed by atoms with Gasteiger partial charge in [-0.25, -0.2) is 18.7 Å². The van der Waals surface area contributed by atoms with Gasteiger partial charge in [-0.2, -0.15) is 10.1 Å². The van der Waals surface area contributed by atoms with E-state index < -0.39 is 15.2 Å². The predicted octanol–water partition coefficient (Wildman–Crippen LogP) is 1.49. The summed E-state index contributed by atoms with van der Waals surface area (Å²) in [5, 5.41) is 10.4. The van der Waals surface area contributed by atoms with Gasteiger partial charge in [0, 0.05) is 0 Å². The molecule has 86 valence electrons. The number of primary sulfonamides is 1. The molecule has 0 spiro atoms. The lowest BCUT2D eigenvalue weighted by molar-refractivity contribution is 0.589. The Bertz CT molecular complexity index is 633. The number of nitrogens with zero attached hydrogens (tertiary/aromatic N) is 2. The minimum absolute atomic E-state index is 0.136. The maximum Gasteiger partial charge on any atom is 0.273 e. The molecule has 0 amide bonds. The van der Waals surface area contributed by atoms with E-state index in [4.69, 9.17) is 28.3 Å². The fraction of sp³-hybridized carbons (Fsp3) is 0. The Balaban J connectivity index is 2.51. The van der Waals surface area contributed by atoms with Crippen molar-refractivity contribution < 1.29 is 8.42 Å². The van der Waals surface area contributed by atoms with Crippen molar-refractivity contribution in [1.29, 1.82) is 0 Å². The van der Waals surface area contributed by atoms with Gasteiger partial charge in [0.05, 0.1) is 9.90 Å². The Kier molecular flexibility index (Phi) is 2.93. The lowest BCUT2D eigenvalue weighted by Crippen LogP contribution is -2.13.